The van der Waals surface area contributed by atoms with Crippen molar-refractivity contribution in [2.24, 2.45) is 5.92 Å². The van der Waals surface area contributed by atoms with Crippen molar-refractivity contribution in [2.75, 3.05) is 0 Å². The van der Waals surface area contributed by atoms with Crippen molar-refractivity contribution in [3.63, 3.8) is 0 Å². The lowest BCUT2D eigenvalue weighted by Gasteiger charge is -2.15. The van der Waals surface area contributed by atoms with Crippen molar-refractivity contribution in [3.8, 4) is 0 Å². The van der Waals surface area contributed by atoms with E-state index in [1.165, 1.54) is 5.56 Å². The van der Waals surface area contributed by atoms with Crippen LogP contribution in [0.15, 0.2) is 55.1 Å². The molecule has 0 aliphatic carbocycles. The molecular weight excluding hydrogens is 260 g/mol. The van der Waals surface area contributed by atoms with Crippen LogP contribution in [-0.2, 0) is 11.3 Å². The van der Waals surface area contributed by atoms with Crippen molar-refractivity contribution < 1.29 is 9.84 Å². The van der Waals surface area contributed by atoms with Gasteiger partial charge in [-0.25, -0.2) is 0 Å². The molecule has 0 bridgehead atoms. The molecule has 0 unspecified atom stereocenters. The Bertz CT molecular complexity index is 409. The summed E-state index contributed by atoms with van der Waals surface area (Å²) in [7, 11) is 0. The van der Waals surface area contributed by atoms with Crippen LogP contribution >= 0.6 is 0 Å². The fourth-order valence-corrected chi connectivity index (χ4v) is 1.94. The lowest BCUT2D eigenvalue weighted by Crippen LogP contribution is -2.14. The second-order valence-electron chi connectivity index (χ2n) is 5.68. The lowest BCUT2D eigenvalue weighted by molar-refractivity contribution is 0.0665. The van der Waals surface area contributed by atoms with Gasteiger partial charge in [-0.3, -0.25) is 0 Å². The number of allylic oxidation sites excluding steroid dienone is 1. The smallest absolute Gasteiger partial charge is 0.0763 e. The molecule has 0 saturated heterocycles. The lowest BCUT2D eigenvalue weighted by atomic mass is 10.0. The van der Waals surface area contributed by atoms with Gasteiger partial charge in [-0.1, -0.05) is 62.4 Å². The van der Waals surface area contributed by atoms with E-state index < -0.39 is 0 Å². The molecule has 1 aromatic carbocycles. The van der Waals surface area contributed by atoms with Crippen LogP contribution in [0, 0.1) is 5.92 Å². The van der Waals surface area contributed by atoms with Crippen LogP contribution in [0.25, 0.3) is 0 Å². The van der Waals surface area contributed by atoms with Gasteiger partial charge in [-0.05, 0) is 30.7 Å². The molecule has 2 heteroatoms. The van der Waals surface area contributed by atoms with Gasteiger partial charge in [0.15, 0.2) is 0 Å². The Morgan fingerprint density at radius 3 is 2.57 bits per heavy atom. The Morgan fingerprint density at radius 2 is 1.95 bits per heavy atom. The van der Waals surface area contributed by atoms with Gasteiger partial charge in [0.2, 0.25) is 0 Å². The molecule has 0 spiro atoms. The van der Waals surface area contributed by atoms with E-state index in [1.54, 1.807) is 0 Å². The van der Waals surface area contributed by atoms with Crippen molar-refractivity contribution in [1.29, 1.82) is 0 Å². The number of aliphatic hydroxyl groups is 1. The van der Waals surface area contributed by atoms with Crippen LogP contribution in [0.5, 0.6) is 0 Å². The molecule has 1 rings (SSSR count). The highest BCUT2D eigenvalue weighted by Gasteiger charge is 2.08. The summed E-state index contributed by atoms with van der Waals surface area (Å²) in [6.45, 7) is 8.43. The summed E-state index contributed by atoms with van der Waals surface area (Å²) >= 11 is 0. The minimum absolute atomic E-state index is 0.0718. The molecule has 0 heterocycles. The van der Waals surface area contributed by atoms with Crippen molar-refractivity contribution >= 4 is 0 Å². The molecule has 1 N–H and O–H groups in total. The molecule has 1 aromatic rings. The molecule has 0 aliphatic rings. The average Bonchev–Trinajstić information content (AvgIpc) is 2.50. The van der Waals surface area contributed by atoms with Gasteiger partial charge >= 0.3 is 0 Å². The van der Waals surface area contributed by atoms with E-state index in [0.717, 1.165) is 12.8 Å². The Hall–Kier alpha value is -1.38. The number of hydrogen-bond acceptors (Lipinski definition) is 2. The number of ether oxygens (including phenoxy) is 1. The van der Waals surface area contributed by atoms with Gasteiger partial charge in [-0.15, -0.1) is 6.58 Å². The van der Waals surface area contributed by atoms with E-state index in [1.807, 2.05) is 44.2 Å². The Morgan fingerprint density at radius 1 is 1.24 bits per heavy atom. The van der Waals surface area contributed by atoms with Crippen LogP contribution < -0.4 is 0 Å². The quantitative estimate of drug-likeness (QED) is 0.642. The molecule has 0 fully saturated rings. The predicted molar refractivity (Wildman–Crippen MR) is 89.1 cm³/mol. The SMILES string of the molecule is C=CCC[C@H](/C=C\C[C@@H](O)C(C)C)OCc1ccccc1. The van der Waals surface area contributed by atoms with Crippen LogP contribution in [0.2, 0.25) is 0 Å². The van der Waals surface area contributed by atoms with E-state index >= 15 is 0 Å². The van der Waals surface area contributed by atoms with Crippen LogP contribution in [0.3, 0.4) is 0 Å². The second kappa shape index (κ2) is 10.4. The third kappa shape index (κ3) is 7.84. The molecule has 21 heavy (non-hydrogen) atoms. The van der Waals surface area contributed by atoms with Crippen molar-refractivity contribution in [2.45, 2.75) is 51.9 Å². The van der Waals surface area contributed by atoms with Gasteiger partial charge in [0, 0.05) is 0 Å². The normalized spacial score (nSPS) is 14.5. The predicted octanol–water partition coefficient (Wildman–Crippen LogP) is 4.50. The van der Waals surface area contributed by atoms with Gasteiger partial charge in [-0.2, -0.15) is 0 Å². The van der Waals surface area contributed by atoms with Crippen LogP contribution in [0.4, 0.5) is 0 Å². The Kier molecular flexibility index (Phi) is 8.72. The summed E-state index contributed by atoms with van der Waals surface area (Å²) < 4.78 is 5.96. The topological polar surface area (TPSA) is 29.5 Å². The summed E-state index contributed by atoms with van der Waals surface area (Å²) in [5.41, 5.74) is 1.18. The minimum Gasteiger partial charge on any atom is -0.393 e. The molecule has 0 aliphatic heterocycles. The zero-order valence-corrected chi connectivity index (χ0v) is 13.2. The monoisotopic (exact) mass is 288 g/mol. The summed E-state index contributed by atoms with van der Waals surface area (Å²) in [5.74, 6) is 0.284. The van der Waals surface area contributed by atoms with E-state index in [2.05, 4.69) is 24.8 Å². The maximum Gasteiger partial charge on any atom is 0.0763 e. The number of aliphatic hydroxyl groups excluding tert-OH is 1. The number of benzene rings is 1. The third-order valence-corrected chi connectivity index (χ3v) is 3.46. The summed E-state index contributed by atoms with van der Waals surface area (Å²) in [6, 6.07) is 10.2. The first-order chi connectivity index (χ1) is 10.1. The highest BCUT2D eigenvalue weighted by molar-refractivity contribution is 5.13. The fraction of sp³-hybridized carbons (Fsp3) is 0.474. The molecule has 0 radical (unpaired) electrons. The van der Waals surface area contributed by atoms with Crippen molar-refractivity contribution in [3.05, 3.63) is 60.7 Å². The number of hydrogen-bond donors (Lipinski definition) is 1. The molecule has 0 amide bonds. The average molecular weight is 288 g/mol. The fourth-order valence-electron chi connectivity index (χ4n) is 1.94. The van der Waals surface area contributed by atoms with E-state index in [4.69, 9.17) is 4.74 Å². The zero-order valence-electron chi connectivity index (χ0n) is 13.2. The molecule has 2 atom stereocenters. The van der Waals surface area contributed by atoms with E-state index in [-0.39, 0.29) is 18.1 Å². The first-order valence-corrected chi connectivity index (χ1v) is 7.74. The van der Waals surface area contributed by atoms with Crippen LogP contribution in [0.1, 0.15) is 38.7 Å². The Labute approximate surface area is 129 Å². The molecule has 0 saturated carbocycles. The first kappa shape index (κ1) is 17.7. The zero-order chi connectivity index (χ0) is 15.5. The minimum atomic E-state index is -0.282. The molecule has 116 valence electrons. The van der Waals surface area contributed by atoms with Gasteiger partial charge in [0.05, 0.1) is 18.8 Å². The van der Waals surface area contributed by atoms with E-state index in [0.29, 0.717) is 13.0 Å². The maximum absolute atomic E-state index is 9.82. The van der Waals surface area contributed by atoms with Gasteiger partial charge in [0.25, 0.3) is 0 Å². The molecular formula is C19H28O2. The van der Waals surface area contributed by atoms with E-state index in [9.17, 15) is 5.11 Å². The largest absolute Gasteiger partial charge is 0.393 e. The summed E-state index contributed by atoms with van der Waals surface area (Å²) in [6.07, 6.45) is 8.33. The van der Waals surface area contributed by atoms with Crippen molar-refractivity contribution in [1.82, 2.24) is 0 Å². The highest BCUT2D eigenvalue weighted by atomic mass is 16.5. The van der Waals surface area contributed by atoms with Gasteiger partial charge in [0.1, 0.15) is 0 Å². The Balaban J connectivity index is 2.46. The van der Waals surface area contributed by atoms with Gasteiger partial charge < -0.3 is 9.84 Å². The standard InChI is InChI=1S/C19H28O2/c1-4-5-12-18(13-9-14-19(20)16(2)3)21-15-17-10-7-6-8-11-17/h4,6-11,13,16,18-20H,1,5,12,14-15H2,2-3H3/b13-9-/t18-,19-/m1/s1. The van der Waals surface area contributed by atoms with Crippen LogP contribution in [-0.4, -0.2) is 17.3 Å². The molecule has 0 aromatic heterocycles. The third-order valence-electron chi connectivity index (χ3n) is 3.46. The molecule has 2 nitrogen and oxygen atoms in total. The summed E-state index contributed by atoms with van der Waals surface area (Å²) in [4.78, 5) is 0. The first-order valence-electron chi connectivity index (χ1n) is 7.74. The number of rotatable bonds is 10. The summed E-state index contributed by atoms with van der Waals surface area (Å²) in [5, 5.41) is 9.82. The second-order valence-corrected chi connectivity index (χ2v) is 5.68. The maximum atomic E-state index is 9.82. The highest BCUT2D eigenvalue weighted by Crippen LogP contribution is 2.12.